The number of hydrogen-bond donors (Lipinski definition) is 1. The fourth-order valence-corrected chi connectivity index (χ4v) is 1.64. The predicted molar refractivity (Wildman–Crippen MR) is 69.6 cm³/mol. The Balaban J connectivity index is 2.01. The zero-order chi connectivity index (χ0) is 13.7. The van der Waals surface area contributed by atoms with Crippen molar-refractivity contribution in [3.05, 3.63) is 59.4 Å². The van der Waals surface area contributed by atoms with Crippen LogP contribution in [0.1, 0.15) is 11.1 Å². The molecule has 0 aliphatic rings. The van der Waals surface area contributed by atoms with E-state index in [4.69, 9.17) is 14.6 Å². The van der Waals surface area contributed by atoms with Crippen molar-refractivity contribution < 1.29 is 19.0 Å². The summed E-state index contributed by atoms with van der Waals surface area (Å²) in [6, 6.07) is 11.8. The minimum atomic E-state index is -0.472. The molecule has 3 nitrogen and oxygen atoms in total. The SMILES string of the molecule is COc1ccc(COc2ccc(CO)cc2F)cc1. The quantitative estimate of drug-likeness (QED) is 0.900. The van der Waals surface area contributed by atoms with Crippen molar-refractivity contribution in [1.29, 1.82) is 0 Å². The molecular formula is C15H15FO3. The molecule has 0 saturated carbocycles. The first-order valence-corrected chi connectivity index (χ1v) is 5.88. The van der Waals surface area contributed by atoms with E-state index in [1.807, 2.05) is 24.3 Å². The number of aliphatic hydroxyl groups excluding tert-OH is 1. The molecule has 0 unspecified atom stereocenters. The Bertz CT molecular complexity index is 538. The van der Waals surface area contributed by atoms with Crippen LogP contribution in [0, 0.1) is 5.82 Å². The van der Waals surface area contributed by atoms with Crippen molar-refractivity contribution in [2.75, 3.05) is 7.11 Å². The zero-order valence-electron chi connectivity index (χ0n) is 10.6. The minimum absolute atomic E-state index is 0.174. The third-order valence-electron chi connectivity index (χ3n) is 2.73. The smallest absolute Gasteiger partial charge is 0.165 e. The largest absolute Gasteiger partial charge is 0.497 e. The molecule has 4 heteroatoms. The minimum Gasteiger partial charge on any atom is -0.497 e. The van der Waals surface area contributed by atoms with Crippen LogP contribution < -0.4 is 9.47 Å². The summed E-state index contributed by atoms with van der Waals surface area (Å²) >= 11 is 0. The van der Waals surface area contributed by atoms with Crippen LogP contribution in [0.15, 0.2) is 42.5 Å². The zero-order valence-corrected chi connectivity index (χ0v) is 10.6. The number of hydrogen-bond acceptors (Lipinski definition) is 3. The molecule has 0 saturated heterocycles. The summed E-state index contributed by atoms with van der Waals surface area (Å²) in [7, 11) is 1.60. The van der Waals surface area contributed by atoms with Gasteiger partial charge >= 0.3 is 0 Å². The van der Waals surface area contributed by atoms with Crippen LogP contribution in [0.2, 0.25) is 0 Å². The van der Waals surface area contributed by atoms with E-state index in [1.165, 1.54) is 12.1 Å². The average molecular weight is 262 g/mol. The monoisotopic (exact) mass is 262 g/mol. The first kappa shape index (κ1) is 13.4. The Labute approximate surface area is 111 Å². The van der Waals surface area contributed by atoms with Crippen LogP contribution >= 0.6 is 0 Å². The Kier molecular flexibility index (Phi) is 4.36. The molecular weight excluding hydrogens is 247 g/mol. The van der Waals surface area contributed by atoms with E-state index in [1.54, 1.807) is 13.2 Å². The molecule has 19 heavy (non-hydrogen) atoms. The van der Waals surface area contributed by atoms with E-state index < -0.39 is 5.82 Å². The van der Waals surface area contributed by atoms with Crippen LogP contribution in [0.25, 0.3) is 0 Å². The Morgan fingerprint density at radius 2 is 1.74 bits per heavy atom. The molecule has 0 spiro atoms. The lowest BCUT2D eigenvalue weighted by Gasteiger charge is -2.08. The summed E-state index contributed by atoms with van der Waals surface area (Å²) in [5.74, 6) is 0.468. The number of benzene rings is 2. The molecule has 0 aliphatic carbocycles. The summed E-state index contributed by atoms with van der Waals surface area (Å²) in [5, 5.41) is 8.89. The van der Waals surface area contributed by atoms with Gasteiger partial charge in [0.2, 0.25) is 0 Å². The summed E-state index contributed by atoms with van der Waals surface area (Å²) in [6.07, 6.45) is 0. The number of halogens is 1. The third kappa shape index (κ3) is 3.45. The van der Waals surface area contributed by atoms with Gasteiger partial charge in [0.05, 0.1) is 13.7 Å². The van der Waals surface area contributed by atoms with Crippen LogP contribution in [0.5, 0.6) is 11.5 Å². The van der Waals surface area contributed by atoms with E-state index >= 15 is 0 Å². The van der Waals surface area contributed by atoms with Crippen molar-refractivity contribution in [2.24, 2.45) is 0 Å². The van der Waals surface area contributed by atoms with E-state index in [2.05, 4.69) is 0 Å². The summed E-state index contributed by atoms with van der Waals surface area (Å²) in [5.41, 5.74) is 1.45. The maximum atomic E-state index is 13.6. The van der Waals surface area contributed by atoms with Gasteiger partial charge in [-0.25, -0.2) is 4.39 Å². The molecule has 2 rings (SSSR count). The molecule has 0 heterocycles. The number of aliphatic hydroxyl groups is 1. The first-order valence-electron chi connectivity index (χ1n) is 5.88. The van der Waals surface area contributed by atoms with Gasteiger partial charge in [-0.15, -0.1) is 0 Å². The van der Waals surface area contributed by atoms with E-state index in [0.717, 1.165) is 11.3 Å². The maximum Gasteiger partial charge on any atom is 0.165 e. The molecule has 0 radical (unpaired) electrons. The summed E-state index contributed by atoms with van der Waals surface area (Å²) in [4.78, 5) is 0. The molecule has 0 fully saturated rings. The molecule has 0 bridgehead atoms. The van der Waals surface area contributed by atoms with Gasteiger partial charge < -0.3 is 14.6 Å². The van der Waals surface area contributed by atoms with Gasteiger partial charge in [-0.3, -0.25) is 0 Å². The molecule has 0 aromatic heterocycles. The van der Waals surface area contributed by atoms with Crippen molar-refractivity contribution in [2.45, 2.75) is 13.2 Å². The van der Waals surface area contributed by atoms with Gasteiger partial charge in [0.15, 0.2) is 11.6 Å². The predicted octanol–water partition coefficient (Wildman–Crippen LogP) is 2.91. The van der Waals surface area contributed by atoms with Crippen LogP contribution in [0.3, 0.4) is 0 Å². The van der Waals surface area contributed by atoms with Gasteiger partial charge in [-0.05, 0) is 35.4 Å². The second-order valence-electron chi connectivity index (χ2n) is 4.06. The Morgan fingerprint density at radius 1 is 1.05 bits per heavy atom. The third-order valence-corrected chi connectivity index (χ3v) is 2.73. The molecule has 0 aliphatic heterocycles. The molecule has 100 valence electrons. The summed E-state index contributed by atoms with van der Waals surface area (Å²) < 4.78 is 24.1. The van der Waals surface area contributed by atoms with E-state index in [0.29, 0.717) is 5.56 Å². The first-order chi connectivity index (χ1) is 9.22. The lowest BCUT2D eigenvalue weighted by Crippen LogP contribution is -1.98. The average Bonchev–Trinajstić information content (AvgIpc) is 2.46. The van der Waals surface area contributed by atoms with Gasteiger partial charge in [-0.2, -0.15) is 0 Å². The molecule has 0 amide bonds. The van der Waals surface area contributed by atoms with Crippen molar-refractivity contribution in [3.8, 4) is 11.5 Å². The van der Waals surface area contributed by atoms with Gasteiger partial charge in [0.25, 0.3) is 0 Å². The molecule has 0 atom stereocenters. The fraction of sp³-hybridized carbons (Fsp3) is 0.200. The second-order valence-corrected chi connectivity index (χ2v) is 4.06. The van der Waals surface area contributed by atoms with Crippen LogP contribution in [-0.4, -0.2) is 12.2 Å². The van der Waals surface area contributed by atoms with Crippen molar-refractivity contribution in [1.82, 2.24) is 0 Å². The summed E-state index contributed by atoms with van der Waals surface area (Å²) in [6.45, 7) is 0.0923. The second kappa shape index (κ2) is 6.20. The Hall–Kier alpha value is -2.07. The Morgan fingerprint density at radius 3 is 2.32 bits per heavy atom. The van der Waals surface area contributed by atoms with Gasteiger partial charge in [-0.1, -0.05) is 18.2 Å². The molecule has 2 aromatic rings. The van der Waals surface area contributed by atoms with Crippen LogP contribution in [0.4, 0.5) is 4.39 Å². The van der Waals surface area contributed by atoms with Gasteiger partial charge in [0, 0.05) is 0 Å². The highest BCUT2D eigenvalue weighted by Crippen LogP contribution is 2.20. The lowest BCUT2D eigenvalue weighted by molar-refractivity contribution is 0.276. The van der Waals surface area contributed by atoms with Crippen molar-refractivity contribution in [3.63, 3.8) is 0 Å². The highest BCUT2D eigenvalue weighted by atomic mass is 19.1. The van der Waals surface area contributed by atoms with E-state index in [9.17, 15) is 4.39 Å². The fourth-order valence-electron chi connectivity index (χ4n) is 1.64. The maximum absolute atomic E-state index is 13.6. The number of methoxy groups -OCH3 is 1. The van der Waals surface area contributed by atoms with Crippen LogP contribution in [-0.2, 0) is 13.2 Å². The highest BCUT2D eigenvalue weighted by Gasteiger charge is 2.05. The van der Waals surface area contributed by atoms with Gasteiger partial charge in [0.1, 0.15) is 12.4 Å². The van der Waals surface area contributed by atoms with Crippen molar-refractivity contribution >= 4 is 0 Å². The molecule has 1 N–H and O–H groups in total. The topological polar surface area (TPSA) is 38.7 Å². The molecule has 2 aromatic carbocycles. The number of ether oxygens (including phenoxy) is 2. The standard InChI is InChI=1S/C15H15FO3/c1-18-13-5-2-11(3-6-13)10-19-15-7-4-12(9-17)8-14(15)16/h2-8,17H,9-10H2,1H3. The van der Waals surface area contributed by atoms with E-state index in [-0.39, 0.29) is 19.0 Å². The lowest BCUT2D eigenvalue weighted by atomic mass is 10.2. The normalized spacial score (nSPS) is 10.3. The highest BCUT2D eigenvalue weighted by molar-refractivity contribution is 5.30. The number of rotatable bonds is 5.